The van der Waals surface area contributed by atoms with Crippen molar-refractivity contribution in [2.24, 2.45) is 17.8 Å². The smallest absolute Gasteiger partial charge is 0.330 e. The van der Waals surface area contributed by atoms with E-state index >= 15 is 0 Å². The van der Waals surface area contributed by atoms with E-state index < -0.39 is 0 Å². The predicted molar refractivity (Wildman–Crippen MR) is 112 cm³/mol. The molecule has 154 valence electrons. The largest absolute Gasteiger partial charge is 0.459 e. The highest BCUT2D eigenvalue weighted by Crippen LogP contribution is 2.39. The maximum Gasteiger partial charge on any atom is 0.330 e. The minimum atomic E-state index is -0.260. The van der Waals surface area contributed by atoms with Crippen molar-refractivity contribution in [1.82, 2.24) is 4.90 Å². The first kappa shape index (κ1) is 20.9. The molecule has 3 aliphatic rings. The van der Waals surface area contributed by atoms with Crippen LogP contribution in [0.5, 0.6) is 0 Å². The molecule has 0 aromatic carbocycles. The van der Waals surface area contributed by atoms with Gasteiger partial charge in [0.05, 0.1) is 0 Å². The molecule has 3 nitrogen and oxygen atoms in total. The zero-order chi connectivity index (χ0) is 19.4. The van der Waals surface area contributed by atoms with Gasteiger partial charge in [0.2, 0.25) is 0 Å². The Bertz CT molecular complexity index is 467. The second-order valence-corrected chi connectivity index (χ2v) is 9.90. The minimum Gasteiger partial charge on any atom is -0.459 e. The Morgan fingerprint density at radius 1 is 0.815 bits per heavy atom. The molecular formula is C24H41NO2. The third-order valence-corrected chi connectivity index (χ3v) is 7.73. The summed E-state index contributed by atoms with van der Waals surface area (Å²) < 4.78 is 5.62. The van der Waals surface area contributed by atoms with Crippen LogP contribution in [-0.4, -0.2) is 35.1 Å². The van der Waals surface area contributed by atoms with Gasteiger partial charge in [-0.1, -0.05) is 27.4 Å². The Morgan fingerprint density at radius 2 is 1.30 bits per heavy atom. The lowest BCUT2D eigenvalue weighted by Crippen LogP contribution is -2.54. The number of hydrogen-bond donors (Lipinski definition) is 0. The molecule has 27 heavy (non-hydrogen) atoms. The second kappa shape index (κ2) is 9.58. The number of hydrogen-bond acceptors (Lipinski definition) is 3. The van der Waals surface area contributed by atoms with Crippen LogP contribution in [0.4, 0.5) is 0 Å². The van der Waals surface area contributed by atoms with Crippen molar-refractivity contribution in [2.45, 2.75) is 116 Å². The third-order valence-electron chi connectivity index (χ3n) is 7.73. The van der Waals surface area contributed by atoms with Crippen LogP contribution in [0, 0.1) is 17.8 Å². The van der Waals surface area contributed by atoms with Gasteiger partial charge in [-0.3, -0.25) is 4.90 Å². The van der Waals surface area contributed by atoms with E-state index in [0.717, 1.165) is 30.3 Å². The molecule has 0 bridgehead atoms. The van der Waals surface area contributed by atoms with Gasteiger partial charge in [-0.25, -0.2) is 4.79 Å². The monoisotopic (exact) mass is 375 g/mol. The van der Waals surface area contributed by atoms with Crippen LogP contribution in [0.25, 0.3) is 0 Å². The van der Waals surface area contributed by atoms with Crippen LogP contribution >= 0.6 is 0 Å². The summed E-state index contributed by atoms with van der Waals surface area (Å²) in [5, 5.41) is 0. The molecule has 0 aromatic rings. The van der Waals surface area contributed by atoms with Gasteiger partial charge in [0, 0.05) is 24.2 Å². The van der Waals surface area contributed by atoms with Gasteiger partial charge in [-0.05, 0) is 88.4 Å². The molecule has 0 saturated heterocycles. The summed E-state index contributed by atoms with van der Waals surface area (Å²) in [7, 11) is 0. The molecule has 0 amide bonds. The molecule has 0 N–H and O–H groups in total. The van der Waals surface area contributed by atoms with Crippen LogP contribution in [0.15, 0.2) is 12.7 Å². The lowest BCUT2D eigenvalue weighted by Gasteiger charge is -2.50. The average molecular weight is 376 g/mol. The van der Waals surface area contributed by atoms with Crippen LogP contribution in [0.1, 0.15) is 91.4 Å². The van der Waals surface area contributed by atoms with Crippen molar-refractivity contribution in [3.63, 3.8) is 0 Å². The number of carbonyl (C=O) groups excluding carboxylic acids is 1. The molecule has 3 heteroatoms. The summed E-state index contributed by atoms with van der Waals surface area (Å²) in [5.74, 6) is 2.00. The van der Waals surface area contributed by atoms with Gasteiger partial charge >= 0.3 is 5.97 Å². The first-order valence-corrected chi connectivity index (χ1v) is 11.6. The van der Waals surface area contributed by atoms with Crippen LogP contribution < -0.4 is 0 Å². The maximum atomic E-state index is 11.6. The predicted octanol–water partition coefficient (Wildman–Crippen LogP) is 5.73. The fourth-order valence-corrected chi connectivity index (χ4v) is 5.96. The molecular weight excluding hydrogens is 334 g/mol. The summed E-state index contributed by atoms with van der Waals surface area (Å²) in [5.41, 5.74) is 0. The molecule has 3 atom stereocenters. The van der Waals surface area contributed by atoms with E-state index in [-0.39, 0.29) is 12.1 Å². The van der Waals surface area contributed by atoms with E-state index in [9.17, 15) is 4.79 Å². The number of rotatable bonds is 5. The van der Waals surface area contributed by atoms with Gasteiger partial charge in [-0.15, -0.1) is 0 Å². The number of ether oxygens (including phenoxy) is 1. The summed E-state index contributed by atoms with van der Waals surface area (Å²) >= 11 is 0. The Labute approximate surface area is 166 Å². The summed E-state index contributed by atoms with van der Waals surface area (Å²) in [4.78, 5) is 14.6. The second-order valence-electron chi connectivity index (χ2n) is 9.90. The van der Waals surface area contributed by atoms with E-state index in [4.69, 9.17) is 4.74 Å². The molecule has 3 saturated carbocycles. The molecule has 3 unspecified atom stereocenters. The molecule has 0 spiro atoms. The fraction of sp³-hybridized carbons (Fsp3) is 0.875. The Hall–Kier alpha value is -0.830. The Balaban J connectivity index is 1.67. The third kappa shape index (κ3) is 5.37. The SMILES string of the molecule is C=CC(=O)OC1CCC(N(C2CCC(C)CC2)C2CCC(C)CC2)CC1C. The van der Waals surface area contributed by atoms with Gasteiger partial charge in [0.25, 0.3) is 0 Å². The lowest BCUT2D eigenvalue weighted by atomic mass is 9.77. The molecule has 3 fully saturated rings. The quantitative estimate of drug-likeness (QED) is 0.454. The Kier molecular flexibility index (Phi) is 7.42. The van der Waals surface area contributed by atoms with Crippen LogP contribution in [0.2, 0.25) is 0 Å². The van der Waals surface area contributed by atoms with Crippen molar-refractivity contribution in [3.05, 3.63) is 12.7 Å². The molecule has 0 heterocycles. The first-order chi connectivity index (χ1) is 13.0. The van der Waals surface area contributed by atoms with Gasteiger partial charge in [0.1, 0.15) is 6.10 Å². The molecule has 3 aliphatic carbocycles. The van der Waals surface area contributed by atoms with E-state index in [1.807, 2.05) is 0 Å². The highest BCUT2D eigenvalue weighted by atomic mass is 16.5. The summed E-state index contributed by atoms with van der Waals surface area (Å²) in [6.07, 6.45) is 15.8. The van der Waals surface area contributed by atoms with E-state index in [0.29, 0.717) is 12.0 Å². The van der Waals surface area contributed by atoms with Crippen molar-refractivity contribution >= 4 is 5.97 Å². The highest BCUT2D eigenvalue weighted by molar-refractivity contribution is 5.81. The zero-order valence-electron chi connectivity index (χ0n) is 17.9. The molecule has 3 rings (SSSR count). The number of nitrogens with zero attached hydrogens (tertiary/aromatic N) is 1. The first-order valence-electron chi connectivity index (χ1n) is 11.6. The maximum absolute atomic E-state index is 11.6. The fourth-order valence-electron chi connectivity index (χ4n) is 5.96. The normalized spacial score (nSPS) is 40.5. The van der Waals surface area contributed by atoms with Gasteiger partial charge in [0.15, 0.2) is 0 Å². The van der Waals surface area contributed by atoms with E-state index in [1.54, 1.807) is 0 Å². The van der Waals surface area contributed by atoms with Gasteiger partial charge in [-0.2, -0.15) is 0 Å². The van der Waals surface area contributed by atoms with E-state index in [1.165, 1.54) is 70.3 Å². The zero-order valence-corrected chi connectivity index (χ0v) is 17.9. The average Bonchev–Trinajstić information content (AvgIpc) is 2.67. The topological polar surface area (TPSA) is 29.5 Å². The van der Waals surface area contributed by atoms with Gasteiger partial charge < -0.3 is 4.74 Å². The van der Waals surface area contributed by atoms with Crippen LogP contribution in [0.3, 0.4) is 0 Å². The lowest BCUT2D eigenvalue weighted by molar-refractivity contribution is -0.148. The van der Waals surface area contributed by atoms with Crippen molar-refractivity contribution in [3.8, 4) is 0 Å². The highest BCUT2D eigenvalue weighted by Gasteiger charge is 2.39. The minimum absolute atomic E-state index is 0.0753. The Morgan fingerprint density at radius 3 is 1.74 bits per heavy atom. The van der Waals surface area contributed by atoms with Crippen molar-refractivity contribution in [2.75, 3.05) is 0 Å². The molecule has 0 radical (unpaired) electrons. The van der Waals surface area contributed by atoms with Crippen molar-refractivity contribution in [1.29, 1.82) is 0 Å². The number of esters is 1. The van der Waals surface area contributed by atoms with Crippen LogP contribution in [-0.2, 0) is 9.53 Å². The summed E-state index contributed by atoms with van der Waals surface area (Å²) in [6, 6.07) is 2.24. The number of carbonyl (C=O) groups is 1. The molecule has 0 aromatic heterocycles. The standard InChI is InChI=1S/C24H41NO2/c1-5-24(26)27-23-15-14-22(16-19(23)4)25(20-10-6-17(2)7-11-20)21-12-8-18(3)9-13-21/h5,17-23H,1,6-16H2,2-4H3. The summed E-state index contributed by atoms with van der Waals surface area (Å²) in [6.45, 7) is 10.7. The molecule has 0 aliphatic heterocycles. The van der Waals surface area contributed by atoms with E-state index in [2.05, 4.69) is 32.3 Å². The van der Waals surface area contributed by atoms with Crippen molar-refractivity contribution < 1.29 is 9.53 Å².